The SMILES string of the molecule is C=C.COc1cccc2c1C1C(CO2)C(C)(C)c2ccccc2N1C1CCCCC1. The van der Waals surface area contributed by atoms with Crippen molar-refractivity contribution >= 4 is 5.69 Å². The van der Waals surface area contributed by atoms with Crippen LogP contribution in [0.1, 0.15) is 63.1 Å². The van der Waals surface area contributed by atoms with Crippen molar-refractivity contribution in [2.45, 2.75) is 63.5 Å². The first-order valence-corrected chi connectivity index (χ1v) is 11.3. The standard InChI is InChI=1S/C25H31NO2.C2H4/c1-25(2)18-12-7-8-13-20(18)26(17-10-5-4-6-11-17)24-19(25)16-28-22-15-9-14-21(27-3)23(22)24;1-2/h7-9,12-15,17,19,24H,4-6,10-11,16H2,1-3H3;1-2H2. The minimum Gasteiger partial charge on any atom is -0.496 e. The van der Waals surface area contributed by atoms with Gasteiger partial charge in [-0.05, 0) is 36.6 Å². The summed E-state index contributed by atoms with van der Waals surface area (Å²) in [5.74, 6) is 2.35. The number of fused-ring (bicyclic) bond motifs is 4. The maximum atomic E-state index is 6.32. The van der Waals surface area contributed by atoms with E-state index in [2.05, 4.69) is 68.3 Å². The topological polar surface area (TPSA) is 21.7 Å². The van der Waals surface area contributed by atoms with Crippen LogP contribution in [0.3, 0.4) is 0 Å². The van der Waals surface area contributed by atoms with E-state index in [1.165, 1.54) is 48.9 Å². The van der Waals surface area contributed by atoms with Crippen molar-refractivity contribution < 1.29 is 9.47 Å². The largest absolute Gasteiger partial charge is 0.496 e. The van der Waals surface area contributed by atoms with Crippen molar-refractivity contribution in [2.75, 3.05) is 18.6 Å². The summed E-state index contributed by atoms with van der Waals surface area (Å²) in [5.41, 5.74) is 4.17. The number of methoxy groups -OCH3 is 1. The van der Waals surface area contributed by atoms with Gasteiger partial charge in [-0.15, -0.1) is 13.2 Å². The van der Waals surface area contributed by atoms with E-state index in [0.717, 1.165) is 18.1 Å². The summed E-state index contributed by atoms with van der Waals surface area (Å²) in [6.07, 6.45) is 6.60. The van der Waals surface area contributed by atoms with Crippen molar-refractivity contribution in [1.82, 2.24) is 0 Å². The summed E-state index contributed by atoms with van der Waals surface area (Å²) < 4.78 is 12.2. The van der Waals surface area contributed by atoms with E-state index in [4.69, 9.17) is 9.47 Å². The Morgan fingerprint density at radius 1 is 1.00 bits per heavy atom. The molecule has 2 aromatic rings. The quantitative estimate of drug-likeness (QED) is 0.520. The van der Waals surface area contributed by atoms with Crippen LogP contribution in [0, 0.1) is 5.92 Å². The van der Waals surface area contributed by atoms with Crippen LogP contribution in [-0.2, 0) is 5.41 Å². The predicted molar refractivity (Wildman–Crippen MR) is 125 cm³/mol. The first-order chi connectivity index (χ1) is 14.6. The van der Waals surface area contributed by atoms with Gasteiger partial charge in [0, 0.05) is 23.1 Å². The van der Waals surface area contributed by atoms with Gasteiger partial charge in [0.2, 0.25) is 0 Å². The Morgan fingerprint density at radius 3 is 2.47 bits per heavy atom. The Labute approximate surface area is 181 Å². The molecular formula is C27H35NO2. The highest BCUT2D eigenvalue weighted by Gasteiger charge is 2.51. The van der Waals surface area contributed by atoms with Crippen LogP contribution < -0.4 is 14.4 Å². The van der Waals surface area contributed by atoms with Gasteiger partial charge in [-0.1, -0.05) is 57.4 Å². The highest BCUT2D eigenvalue weighted by Crippen LogP contribution is 2.58. The first-order valence-electron chi connectivity index (χ1n) is 11.3. The molecule has 2 heterocycles. The van der Waals surface area contributed by atoms with Gasteiger partial charge in [0.1, 0.15) is 11.5 Å². The minimum absolute atomic E-state index is 0.0466. The van der Waals surface area contributed by atoms with E-state index >= 15 is 0 Å². The lowest BCUT2D eigenvalue weighted by atomic mass is 9.64. The fourth-order valence-electron chi connectivity index (χ4n) is 5.90. The Morgan fingerprint density at radius 2 is 1.73 bits per heavy atom. The molecule has 2 unspecified atom stereocenters. The fraction of sp³-hybridized carbons (Fsp3) is 0.481. The molecule has 0 N–H and O–H groups in total. The molecule has 1 aliphatic carbocycles. The molecule has 3 heteroatoms. The lowest BCUT2D eigenvalue weighted by molar-refractivity contribution is 0.112. The van der Waals surface area contributed by atoms with E-state index in [1.807, 2.05) is 6.07 Å². The van der Waals surface area contributed by atoms with E-state index in [0.29, 0.717) is 18.0 Å². The summed E-state index contributed by atoms with van der Waals surface area (Å²) in [6.45, 7) is 11.5. The molecule has 3 aliphatic rings. The highest BCUT2D eigenvalue weighted by molar-refractivity contribution is 5.65. The third-order valence-electron chi connectivity index (χ3n) is 7.41. The van der Waals surface area contributed by atoms with Crippen LogP contribution in [0.25, 0.3) is 0 Å². The zero-order valence-corrected chi connectivity index (χ0v) is 18.7. The number of nitrogens with zero attached hydrogens (tertiary/aromatic N) is 1. The van der Waals surface area contributed by atoms with Crippen molar-refractivity contribution in [2.24, 2.45) is 5.92 Å². The first kappa shape index (κ1) is 20.8. The van der Waals surface area contributed by atoms with Crippen LogP contribution in [0.4, 0.5) is 5.69 Å². The van der Waals surface area contributed by atoms with E-state index in [9.17, 15) is 0 Å². The van der Waals surface area contributed by atoms with Crippen molar-refractivity contribution in [3.63, 3.8) is 0 Å². The number of rotatable bonds is 2. The number of hydrogen-bond donors (Lipinski definition) is 0. The summed E-state index contributed by atoms with van der Waals surface area (Å²) in [5, 5.41) is 0. The third kappa shape index (κ3) is 3.19. The summed E-state index contributed by atoms with van der Waals surface area (Å²) in [7, 11) is 1.78. The molecule has 160 valence electrons. The maximum absolute atomic E-state index is 6.32. The van der Waals surface area contributed by atoms with Gasteiger partial charge in [-0.3, -0.25) is 0 Å². The highest BCUT2D eigenvalue weighted by atomic mass is 16.5. The lowest BCUT2D eigenvalue weighted by Gasteiger charge is -2.56. The van der Waals surface area contributed by atoms with Crippen molar-refractivity contribution in [3.05, 3.63) is 66.7 Å². The molecule has 0 amide bonds. The Hall–Kier alpha value is -2.42. The van der Waals surface area contributed by atoms with Gasteiger partial charge in [-0.2, -0.15) is 0 Å². The average Bonchev–Trinajstić information content (AvgIpc) is 2.80. The molecule has 1 fully saturated rings. The molecule has 2 aromatic carbocycles. The second kappa shape index (κ2) is 8.37. The minimum atomic E-state index is 0.0466. The molecule has 0 radical (unpaired) electrons. The van der Waals surface area contributed by atoms with E-state index < -0.39 is 0 Å². The zero-order chi connectivity index (χ0) is 21.3. The molecule has 0 bridgehead atoms. The van der Waals surface area contributed by atoms with Crippen LogP contribution in [0.15, 0.2) is 55.6 Å². The van der Waals surface area contributed by atoms with Crippen molar-refractivity contribution in [1.29, 1.82) is 0 Å². The van der Waals surface area contributed by atoms with E-state index in [-0.39, 0.29) is 5.41 Å². The smallest absolute Gasteiger partial charge is 0.128 e. The molecule has 5 rings (SSSR count). The number of anilines is 1. The Bertz CT molecular complexity index is 870. The predicted octanol–water partition coefficient (Wildman–Crippen LogP) is 6.68. The molecule has 2 atom stereocenters. The average molecular weight is 406 g/mol. The Balaban J connectivity index is 0.00000106. The molecule has 0 aromatic heterocycles. The summed E-state index contributed by atoms with van der Waals surface area (Å²) in [6, 6.07) is 16.2. The number of hydrogen-bond acceptors (Lipinski definition) is 3. The summed E-state index contributed by atoms with van der Waals surface area (Å²) >= 11 is 0. The summed E-state index contributed by atoms with van der Waals surface area (Å²) in [4.78, 5) is 2.76. The van der Waals surface area contributed by atoms with Gasteiger partial charge in [0.15, 0.2) is 0 Å². The fourth-order valence-corrected chi connectivity index (χ4v) is 5.90. The number of ether oxygens (including phenoxy) is 2. The maximum Gasteiger partial charge on any atom is 0.128 e. The zero-order valence-electron chi connectivity index (χ0n) is 18.7. The Kier molecular flexibility index (Phi) is 5.81. The molecule has 3 nitrogen and oxygen atoms in total. The van der Waals surface area contributed by atoms with Gasteiger partial charge in [-0.25, -0.2) is 0 Å². The number of para-hydroxylation sites is 1. The van der Waals surface area contributed by atoms with Crippen LogP contribution in [0.5, 0.6) is 11.5 Å². The van der Waals surface area contributed by atoms with Crippen molar-refractivity contribution in [3.8, 4) is 11.5 Å². The van der Waals surface area contributed by atoms with Gasteiger partial charge in [0.05, 0.1) is 25.3 Å². The van der Waals surface area contributed by atoms with Gasteiger partial charge < -0.3 is 14.4 Å². The molecule has 0 saturated heterocycles. The van der Waals surface area contributed by atoms with Crippen LogP contribution in [-0.4, -0.2) is 19.8 Å². The van der Waals surface area contributed by atoms with Gasteiger partial charge >= 0.3 is 0 Å². The molecule has 1 saturated carbocycles. The van der Waals surface area contributed by atoms with Gasteiger partial charge in [0.25, 0.3) is 0 Å². The molecule has 30 heavy (non-hydrogen) atoms. The molecule has 0 spiro atoms. The molecular weight excluding hydrogens is 370 g/mol. The normalized spacial score (nSPS) is 24.3. The molecule has 2 aliphatic heterocycles. The van der Waals surface area contributed by atoms with Crippen LogP contribution in [0.2, 0.25) is 0 Å². The van der Waals surface area contributed by atoms with Crippen LogP contribution >= 0.6 is 0 Å². The second-order valence-corrected chi connectivity index (χ2v) is 9.17. The number of benzene rings is 2. The third-order valence-corrected chi connectivity index (χ3v) is 7.41. The van der Waals surface area contributed by atoms with E-state index in [1.54, 1.807) is 7.11 Å². The second-order valence-electron chi connectivity index (χ2n) is 9.17. The monoisotopic (exact) mass is 405 g/mol. The lowest BCUT2D eigenvalue weighted by Crippen LogP contribution is -2.54.